The molecule has 2 heterocycles. The molecule has 0 radical (unpaired) electrons. The minimum Gasteiger partial charge on any atom is -0.297 e. The first-order valence-corrected chi connectivity index (χ1v) is 7.70. The number of rotatable bonds is 4. The molecule has 5 nitrogen and oxygen atoms in total. The second-order valence-corrected chi connectivity index (χ2v) is 6.66. The number of hydrogen-bond donors (Lipinski definition) is 0. The van der Waals surface area contributed by atoms with Crippen molar-refractivity contribution in [1.29, 1.82) is 0 Å². The highest BCUT2D eigenvalue weighted by molar-refractivity contribution is 7.20. The summed E-state index contributed by atoms with van der Waals surface area (Å²) in [5.74, 6) is 0.173. The Kier molecular flexibility index (Phi) is 3.51. The van der Waals surface area contributed by atoms with Gasteiger partial charge in [0.25, 0.3) is 12.0 Å². The number of aldehydes is 1. The van der Waals surface area contributed by atoms with E-state index in [1.807, 2.05) is 6.92 Å². The van der Waals surface area contributed by atoms with Crippen LogP contribution >= 0.6 is 11.3 Å². The van der Waals surface area contributed by atoms with Gasteiger partial charge in [0.15, 0.2) is 6.29 Å². The van der Waals surface area contributed by atoms with Crippen LogP contribution < -0.4 is 11.2 Å². The molecular weight excluding hydrogens is 314 g/mol. The van der Waals surface area contributed by atoms with Crippen molar-refractivity contribution in [1.82, 2.24) is 9.13 Å². The lowest BCUT2D eigenvalue weighted by molar-refractivity contribution is 0.112. The van der Waals surface area contributed by atoms with Crippen LogP contribution in [0.4, 0.5) is 8.78 Å². The second-order valence-electron chi connectivity index (χ2n) is 5.63. The number of halogens is 2. The van der Waals surface area contributed by atoms with Crippen molar-refractivity contribution in [2.45, 2.75) is 39.3 Å². The molecule has 0 bridgehead atoms. The molecule has 0 aliphatic heterocycles. The number of carbonyl (C=O) groups excluding carboxylic acids is 1. The fourth-order valence-corrected chi connectivity index (χ4v) is 3.86. The maximum Gasteiger partial charge on any atom is 0.332 e. The zero-order valence-electron chi connectivity index (χ0n) is 12.0. The average molecular weight is 328 g/mol. The number of aromatic nitrogens is 2. The molecular formula is C14H14F2N2O3S. The quantitative estimate of drug-likeness (QED) is 0.808. The first-order valence-electron chi connectivity index (χ1n) is 6.88. The Morgan fingerprint density at radius 2 is 2.05 bits per heavy atom. The third-order valence-electron chi connectivity index (χ3n) is 4.11. The van der Waals surface area contributed by atoms with Crippen molar-refractivity contribution in [2.75, 3.05) is 0 Å². The summed E-state index contributed by atoms with van der Waals surface area (Å²) in [6.45, 7) is 2.71. The number of carbonyl (C=O) groups is 1. The number of nitrogens with zero attached hydrogens (tertiary/aromatic N) is 2. The van der Waals surface area contributed by atoms with Crippen LogP contribution in [0.25, 0.3) is 10.2 Å². The van der Waals surface area contributed by atoms with Crippen LogP contribution in [-0.4, -0.2) is 21.8 Å². The van der Waals surface area contributed by atoms with Crippen molar-refractivity contribution >= 4 is 27.8 Å². The van der Waals surface area contributed by atoms with Crippen molar-refractivity contribution in [3.63, 3.8) is 0 Å². The van der Waals surface area contributed by atoms with Crippen molar-refractivity contribution < 1.29 is 13.6 Å². The van der Waals surface area contributed by atoms with E-state index in [4.69, 9.17) is 0 Å². The number of alkyl halides is 2. The van der Waals surface area contributed by atoms with Gasteiger partial charge in [-0.25, -0.2) is 13.6 Å². The van der Waals surface area contributed by atoms with Crippen LogP contribution in [0.1, 0.15) is 34.6 Å². The van der Waals surface area contributed by atoms with Gasteiger partial charge in [0.2, 0.25) is 0 Å². The molecule has 2 atom stereocenters. The van der Waals surface area contributed by atoms with Crippen LogP contribution in [0.3, 0.4) is 0 Å². The molecule has 118 valence electrons. The molecule has 0 aromatic carbocycles. The molecule has 1 fully saturated rings. The molecule has 2 aromatic heterocycles. The van der Waals surface area contributed by atoms with Gasteiger partial charge in [0, 0.05) is 6.04 Å². The number of fused-ring (bicyclic) bond motifs is 1. The summed E-state index contributed by atoms with van der Waals surface area (Å²) < 4.78 is 27.7. The van der Waals surface area contributed by atoms with E-state index in [0.29, 0.717) is 18.3 Å². The SMILES string of the molecule is Cc1c(C=O)sc2c1c(=O)n(C1CC1C)c(=O)n2CC(F)F. The predicted octanol–water partition coefficient (Wildman–Crippen LogP) is 2.19. The Balaban J connectivity index is 2.42. The van der Waals surface area contributed by atoms with E-state index in [2.05, 4.69) is 0 Å². The van der Waals surface area contributed by atoms with E-state index in [9.17, 15) is 23.2 Å². The topological polar surface area (TPSA) is 61.1 Å². The maximum absolute atomic E-state index is 12.8. The summed E-state index contributed by atoms with van der Waals surface area (Å²) in [6.07, 6.45) is -1.45. The zero-order valence-corrected chi connectivity index (χ0v) is 12.8. The van der Waals surface area contributed by atoms with Gasteiger partial charge in [-0.15, -0.1) is 11.3 Å². The first kappa shape index (κ1) is 15.1. The van der Waals surface area contributed by atoms with Gasteiger partial charge >= 0.3 is 5.69 Å². The zero-order chi connectivity index (χ0) is 16.2. The molecule has 2 aromatic rings. The monoisotopic (exact) mass is 328 g/mol. The van der Waals surface area contributed by atoms with Gasteiger partial charge in [-0.1, -0.05) is 6.92 Å². The van der Waals surface area contributed by atoms with E-state index < -0.39 is 24.2 Å². The van der Waals surface area contributed by atoms with Crippen LogP contribution in [-0.2, 0) is 6.54 Å². The fraction of sp³-hybridized carbons (Fsp3) is 0.500. The molecule has 0 amide bonds. The van der Waals surface area contributed by atoms with Gasteiger partial charge in [-0.3, -0.25) is 18.7 Å². The van der Waals surface area contributed by atoms with Crippen LogP contribution in [0.2, 0.25) is 0 Å². The lowest BCUT2D eigenvalue weighted by Gasteiger charge is -2.11. The molecule has 0 spiro atoms. The van der Waals surface area contributed by atoms with E-state index in [0.717, 1.165) is 20.5 Å². The van der Waals surface area contributed by atoms with Gasteiger partial charge in [-0.2, -0.15) is 0 Å². The third-order valence-corrected chi connectivity index (χ3v) is 5.35. The highest BCUT2D eigenvalue weighted by Gasteiger charge is 2.38. The van der Waals surface area contributed by atoms with Gasteiger partial charge in [0.05, 0.1) is 16.8 Å². The number of aryl methyl sites for hydroxylation is 1. The first-order chi connectivity index (χ1) is 10.4. The molecule has 3 rings (SSSR count). The Bertz CT molecular complexity index is 881. The summed E-state index contributed by atoms with van der Waals surface area (Å²) in [6, 6.07) is -0.243. The van der Waals surface area contributed by atoms with E-state index in [1.165, 1.54) is 0 Å². The Morgan fingerprint density at radius 1 is 1.41 bits per heavy atom. The summed E-state index contributed by atoms with van der Waals surface area (Å²) in [5, 5.41) is 0.200. The van der Waals surface area contributed by atoms with Crippen LogP contribution in [0.5, 0.6) is 0 Å². The third kappa shape index (κ3) is 2.13. The molecule has 22 heavy (non-hydrogen) atoms. The van der Waals surface area contributed by atoms with E-state index in [1.54, 1.807) is 6.92 Å². The largest absolute Gasteiger partial charge is 0.332 e. The van der Waals surface area contributed by atoms with Crippen molar-refractivity contribution in [3.05, 3.63) is 31.3 Å². The Labute approximate surface area is 127 Å². The molecule has 1 saturated carbocycles. The molecule has 0 saturated heterocycles. The van der Waals surface area contributed by atoms with Crippen molar-refractivity contribution in [2.24, 2.45) is 5.92 Å². The normalized spacial score (nSPS) is 20.8. The lowest BCUT2D eigenvalue weighted by Crippen LogP contribution is -2.40. The molecule has 2 unspecified atom stereocenters. The molecule has 0 N–H and O–H groups in total. The average Bonchev–Trinajstić information content (AvgIpc) is 3.05. The van der Waals surface area contributed by atoms with E-state index in [-0.39, 0.29) is 27.1 Å². The Morgan fingerprint density at radius 3 is 2.55 bits per heavy atom. The van der Waals surface area contributed by atoms with Crippen LogP contribution in [0, 0.1) is 12.8 Å². The van der Waals surface area contributed by atoms with Gasteiger partial charge < -0.3 is 0 Å². The maximum atomic E-state index is 12.8. The second kappa shape index (κ2) is 5.12. The van der Waals surface area contributed by atoms with Gasteiger partial charge in [0.1, 0.15) is 4.83 Å². The fourth-order valence-electron chi connectivity index (χ4n) is 2.75. The summed E-state index contributed by atoms with van der Waals surface area (Å²) in [4.78, 5) is 36.6. The standard InChI is InChI=1S/C14H14F2N2O3S/c1-6-3-8(6)18-12(20)11-7(2)9(5-19)22-13(11)17(14(18)21)4-10(15)16/h5-6,8,10H,3-4H2,1-2H3. The molecule has 1 aliphatic carbocycles. The summed E-state index contributed by atoms with van der Waals surface area (Å²) >= 11 is 0.911. The van der Waals surface area contributed by atoms with Crippen LogP contribution in [0.15, 0.2) is 9.59 Å². The molecule has 1 aliphatic rings. The van der Waals surface area contributed by atoms with Crippen molar-refractivity contribution in [3.8, 4) is 0 Å². The van der Waals surface area contributed by atoms with E-state index >= 15 is 0 Å². The van der Waals surface area contributed by atoms with Gasteiger partial charge in [-0.05, 0) is 24.8 Å². The summed E-state index contributed by atoms with van der Waals surface area (Å²) in [7, 11) is 0. The minimum atomic E-state index is -2.72. The highest BCUT2D eigenvalue weighted by Crippen LogP contribution is 2.41. The number of hydrogen-bond acceptors (Lipinski definition) is 4. The Hall–Kier alpha value is -1.83. The highest BCUT2D eigenvalue weighted by atomic mass is 32.1. The smallest absolute Gasteiger partial charge is 0.297 e. The minimum absolute atomic E-state index is 0.152. The molecule has 8 heteroatoms. The lowest BCUT2D eigenvalue weighted by atomic mass is 10.2. The predicted molar refractivity (Wildman–Crippen MR) is 79.3 cm³/mol. The summed E-state index contributed by atoms with van der Waals surface area (Å²) in [5.41, 5.74) is -0.752. The number of thiophene rings is 1.